The number of fused-ring (bicyclic) bond motifs is 2. The zero-order valence-corrected chi connectivity index (χ0v) is 25.1. The Kier molecular flexibility index (Phi) is 11.4. The number of ether oxygens (including phenoxy) is 1. The number of aryl methyl sites for hydroxylation is 1. The van der Waals surface area contributed by atoms with Gasteiger partial charge in [0.15, 0.2) is 0 Å². The molecule has 222 valence electrons. The number of benzene rings is 2. The second-order valence-corrected chi connectivity index (χ2v) is 9.78. The third-order valence-electron chi connectivity index (χ3n) is 7.10. The maximum absolute atomic E-state index is 13.4. The molecule has 0 atom stereocenters. The van der Waals surface area contributed by atoms with Crippen molar-refractivity contribution < 1.29 is 18.8 Å². The molecule has 41 heavy (non-hydrogen) atoms. The summed E-state index contributed by atoms with van der Waals surface area (Å²) in [5.74, 6) is 1.39. The number of hydrogen-bond acceptors (Lipinski definition) is 9. The van der Waals surface area contributed by atoms with E-state index in [0.717, 1.165) is 29.8 Å². The number of nitrogens with zero attached hydrogens (tertiary/aromatic N) is 5. The number of rotatable bonds is 11. The summed E-state index contributed by atoms with van der Waals surface area (Å²) in [5, 5.41) is 14.2. The molecule has 0 unspecified atom stereocenters. The van der Waals surface area contributed by atoms with Crippen molar-refractivity contribution in [1.82, 2.24) is 30.4 Å². The molecule has 3 heterocycles. The Labute approximate surface area is 252 Å². The SMILES string of the molecule is CCNCCN(CC(=O)N(C)N1Cc2ccccc2C1)C(=O)CNc1cc(-c2noc(C)n2)cc2c1OCC2.Cl.Cl. The Morgan fingerprint density at radius 2 is 1.80 bits per heavy atom. The van der Waals surface area contributed by atoms with Gasteiger partial charge in [0.2, 0.25) is 17.6 Å². The topological polar surface area (TPSA) is 116 Å². The quantitative estimate of drug-likeness (QED) is 0.318. The zero-order valence-electron chi connectivity index (χ0n) is 23.5. The van der Waals surface area contributed by atoms with Crippen LogP contribution in [0.5, 0.6) is 5.75 Å². The van der Waals surface area contributed by atoms with Gasteiger partial charge in [0, 0.05) is 57.7 Å². The van der Waals surface area contributed by atoms with Gasteiger partial charge in [0.1, 0.15) is 12.3 Å². The maximum atomic E-state index is 13.4. The lowest BCUT2D eigenvalue weighted by atomic mass is 10.1. The first kappa shape index (κ1) is 32.1. The van der Waals surface area contributed by atoms with Crippen LogP contribution in [0.25, 0.3) is 11.4 Å². The molecule has 0 fully saturated rings. The number of halogens is 2. The monoisotopic (exact) mass is 605 g/mol. The molecule has 2 N–H and O–H groups in total. The first-order valence-corrected chi connectivity index (χ1v) is 13.3. The van der Waals surface area contributed by atoms with Crippen molar-refractivity contribution in [3.05, 3.63) is 59.0 Å². The van der Waals surface area contributed by atoms with E-state index in [2.05, 4.69) is 32.9 Å². The number of likely N-dealkylation sites (N-methyl/N-ethyl adjacent to an activating group) is 2. The summed E-state index contributed by atoms with van der Waals surface area (Å²) in [6.45, 7) is 7.48. The van der Waals surface area contributed by atoms with Crippen molar-refractivity contribution in [3.8, 4) is 17.1 Å². The second kappa shape index (κ2) is 14.5. The lowest BCUT2D eigenvalue weighted by Crippen LogP contribution is -2.49. The van der Waals surface area contributed by atoms with Gasteiger partial charge < -0.3 is 24.8 Å². The van der Waals surface area contributed by atoms with E-state index in [4.69, 9.17) is 9.26 Å². The van der Waals surface area contributed by atoms with E-state index in [9.17, 15) is 9.59 Å². The number of amides is 2. The van der Waals surface area contributed by atoms with Crippen LogP contribution in [-0.4, -0.2) is 83.3 Å². The van der Waals surface area contributed by atoms with Gasteiger partial charge in [-0.05, 0) is 29.8 Å². The van der Waals surface area contributed by atoms with E-state index in [0.29, 0.717) is 50.2 Å². The molecule has 2 aliphatic heterocycles. The van der Waals surface area contributed by atoms with E-state index >= 15 is 0 Å². The summed E-state index contributed by atoms with van der Waals surface area (Å²) >= 11 is 0. The number of hydrogen-bond donors (Lipinski definition) is 2. The van der Waals surface area contributed by atoms with Crippen LogP contribution in [0.4, 0.5) is 5.69 Å². The minimum Gasteiger partial charge on any atom is -0.491 e. The van der Waals surface area contributed by atoms with Gasteiger partial charge in [0.25, 0.3) is 5.91 Å². The zero-order chi connectivity index (χ0) is 27.4. The Morgan fingerprint density at radius 1 is 1.07 bits per heavy atom. The third-order valence-corrected chi connectivity index (χ3v) is 7.10. The Morgan fingerprint density at radius 3 is 2.46 bits per heavy atom. The molecular formula is C28H37Cl2N7O4. The second-order valence-electron chi connectivity index (χ2n) is 9.78. The summed E-state index contributed by atoms with van der Waals surface area (Å²) < 4.78 is 11.0. The summed E-state index contributed by atoms with van der Waals surface area (Å²) in [5.41, 5.74) is 4.94. The highest BCUT2D eigenvalue weighted by molar-refractivity contribution is 5.87. The van der Waals surface area contributed by atoms with Crippen molar-refractivity contribution in [3.63, 3.8) is 0 Å². The minimum atomic E-state index is -0.174. The molecule has 0 spiro atoms. The van der Waals surface area contributed by atoms with E-state index in [1.165, 1.54) is 11.1 Å². The van der Waals surface area contributed by atoms with E-state index < -0.39 is 0 Å². The fraction of sp³-hybridized carbons (Fsp3) is 0.429. The fourth-order valence-corrected chi connectivity index (χ4v) is 4.90. The predicted octanol–water partition coefficient (Wildman–Crippen LogP) is 3.06. The normalized spacial score (nSPS) is 13.3. The summed E-state index contributed by atoms with van der Waals surface area (Å²) in [6, 6.07) is 12.1. The van der Waals surface area contributed by atoms with Gasteiger partial charge >= 0.3 is 0 Å². The van der Waals surface area contributed by atoms with Gasteiger partial charge in [-0.3, -0.25) is 14.6 Å². The summed E-state index contributed by atoms with van der Waals surface area (Å²) in [6.07, 6.45) is 0.763. The van der Waals surface area contributed by atoms with Crippen molar-refractivity contribution in [2.45, 2.75) is 33.4 Å². The number of nitrogens with one attached hydrogen (secondary N) is 2. The first-order chi connectivity index (χ1) is 18.9. The lowest BCUT2D eigenvalue weighted by Gasteiger charge is -2.31. The standard InChI is InChI=1S/C28H35N7O4.2ClH/c1-4-29-10-11-34(18-26(37)33(3)35-16-21-7-5-6-8-22(21)17-35)25(36)15-30-24-14-23(28-31-19(2)39-32-28)13-20-9-12-38-27(20)24;;/h5-8,13-14,29-30H,4,9-12,15-18H2,1-3H3;2*1H. The average molecular weight is 607 g/mol. The van der Waals surface area contributed by atoms with E-state index in [1.54, 1.807) is 23.9 Å². The van der Waals surface area contributed by atoms with Gasteiger partial charge in [-0.15, -0.1) is 24.8 Å². The molecule has 0 saturated carbocycles. The molecule has 2 aliphatic rings. The molecular weight excluding hydrogens is 569 g/mol. The average Bonchev–Trinajstić information content (AvgIpc) is 3.69. The minimum absolute atomic E-state index is 0. The Bertz CT molecular complexity index is 1330. The van der Waals surface area contributed by atoms with Crippen molar-refractivity contribution >= 4 is 42.3 Å². The molecule has 0 saturated heterocycles. The van der Waals surface area contributed by atoms with Crippen LogP contribution in [0.15, 0.2) is 40.9 Å². The van der Waals surface area contributed by atoms with Crippen LogP contribution < -0.4 is 15.4 Å². The molecule has 2 aromatic carbocycles. The van der Waals surface area contributed by atoms with Crippen LogP contribution >= 0.6 is 24.8 Å². The predicted molar refractivity (Wildman–Crippen MR) is 160 cm³/mol. The van der Waals surface area contributed by atoms with Gasteiger partial charge in [0.05, 0.1) is 18.8 Å². The highest BCUT2D eigenvalue weighted by Crippen LogP contribution is 2.37. The van der Waals surface area contributed by atoms with Crippen LogP contribution in [0, 0.1) is 6.92 Å². The Hall–Kier alpha value is -3.38. The third kappa shape index (κ3) is 7.48. The van der Waals surface area contributed by atoms with Gasteiger partial charge in [-0.25, -0.2) is 5.01 Å². The number of carbonyl (C=O) groups is 2. The summed E-state index contributed by atoms with van der Waals surface area (Å²) in [4.78, 5) is 32.6. The molecule has 0 radical (unpaired) electrons. The number of carbonyl (C=O) groups excluding carboxylic acids is 2. The molecule has 0 bridgehead atoms. The molecule has 3 aromatic rings. The molecule has 0 aliphatic carbocycles. The van der Waals surface area contributed by atoms with Crippen molar-refractivity contribution in [2.75, 3.05) is 51.7 Å². The molecule has 2 amide bonds. The smallest absolute Gasteiger partial charge is 0.256 e. The number of anilines is 1. The van der Waals surface area contributed by atoms with Crippen LogP contribution in [0.3, 0.4) is 0 Å². The molecule has 5 rings (SSSR count). The van der Waals surface area contributed by atoms with Gasteiger partial charge in [-0.1, -0.05) is 36.3 Å². The molecule has 11 nitrogen and oxygen atoms in total. The largest absolute Gasteiger partial charge is 0.491 e. The Balaban J connectivity index is 0.00000231. The highest BCUT2D eigenvalue weighted by atomic mass is 35.5. The van der Waals surface area contributed by atoms with E-state index in [1.807, 2.05) is 36.2 Å². The fourth-order valence-electron chi connectivity index (χ4n) is 4.90. The lowest BCUT2D eigenvalue weighted by molar-refractivity contribution is -0.151. The van der Waals surface area contributed by atoms with Crippen molar-refractivity contribution in [2.24, 2.45) is 0 Å². The van der Waals surface area contributed by atoms with Crippen LogP contribution in [-0.2, 0) is 29.1 Å². The van der Waals surface area contributed by atoms with Crippen LogP contribution in [0.2, 0.25) is 0 Å². The molecule has 1 aromatic heterocycles. The highest BCUT2D eigenvalue weighted by Gasteiger charge is 2.27. The van der Waals surface area contributed by atoms with Crippen LogP contribution in [0.1, 0.15) is 29.5 Å². The van der Waals surface area contributed by atoms with E-state index in [-0.39, 0.29) is 49.7 Å². The van der Waals surface area contributed by atoms with Gasteiger partial charge in [-0.2, -0.15) is 4.98 Å². The maximum Gasteiger partial charge on any atom is 0.256 e. The summed E-state index contributed by atoms with van der Waals surface area (Å²) in [7, 11) is 1.77. The number of aromatic nitrogens is 2. The number of hydrazine groups is 1. The first-order valence-electron chi connectivity index (χ1n) is 13.3. The van der Waals surface area contributed by atoms with Crippen molar-refractivity contribution in [1.29, 1.82) is 0 Å². The molecule has 13 heteroatoms.